The summed E-state index contributed by atoms with van der Waals surface area (Å²) in [6.45, 7) is 7.03. The lowest BCUT2D eigenvalue weighted by Gasteiger charge is -2.32. The Morgan fingerprint density at radius 1 is 1.04 bits per heavy atom. The highest BCUT2D eigenvalue weighted by Crippen LogP contribution is 2.41. The number of benzene rings is 1. The highest BCUT2D eigenvalue weighted by molar-refractivity contribution is 5.66. The molecule has 1 aromatic carbocycles. The lowest BCUT2D eigenvalue weighted by molar-refractivity contribution is 0.128. The Morgan fingerprint density at radius 2 is 1.84 bits per heavy atom. The van der Waals surface area contributed by atoms with E-state index in [1.54, 1.807) is 7.11 Å². The van der Waals surface area contributed by atoms with Gasteiger partial charge in [0, 0.05) is 11.6 Å². The van der Waals surface area contributed by atoms with Gasteiger partial charge in [0.15, 0.2) is 11.5 Å². The van der Waals surface area contributed by atoms with Gasteiger partial charge < -0.3 is 14.2 Å². The van der Waals surface area contributed by atoms with Gasteiger partial charge in [0.1, 0.15) is 18.0 Å². The van der Waals surface area contributed by atoms with E-state index in [1.165, 1.54) is 11.1 Å². The first-order valence-electron chi connectivity index (χ1n) is 9.03. The molecule has 5 rings (SSSR count). The van der Waals surface area contributed by atoms with Crippen molar-refractivity contribution < 1.29 is 14.2 Å². The molecule has 134 valence electrons. The maximum absolute atomic E-state index is 6.31. The molecular weight excluding hydrogens is 312 g/mol. The van der Waals surface area contributed by atoms with Crippen LogP contribution in [0.5, 0.6) is 17.2 Å². The normalized spacial score (nSPS) is 27.7. The van der Waals surface area contributed by atoms with Gasteiger partial charge in [0.2, 0.25) is 0 Å². The van der Waals surface area contributed by atoms with Gasteiger partial charge >= 0.3 is 0 Å². The van der Waals surface area contributed by atoms with Crippen molar-refractivity contribution >= 4 is 6.08 Å². The Labute approximate surface area is 151 Å². The van der Waals surface area contributed by atoms with Gasteiger partial charge in [-0.05, 0) is 64.2 Å². The standard InChI is InChI=1S/C22H28O3/c1-16-7-5-8-17(2)15-24-21-13-18-10-12-22(3,11-6-9-16)25-19(18)14-20(21)23-4/h8-10,12-14H,5-7,11,15H2,1-4H3/b16-9+,17-8+. The Hall–Kier alpha value is -2.16. The van der Waals surface area contributed by atoms with Gasteiger partial charge in [0.25, 0.3) is 0 Å². The molecule has 0 aliphatic carbocycles. The van der Waals surface area contributed by atoms with Crippen LogP contribution in [0.25, 0.3) is 6.08 Å². The van der Waals surface area contributed by atoms with E-state index in [2.05, 4.69) is 45.1 Å². The second-order valence-electron chi connectivity index (χ2n) is 7.26. The van der Waals surface area contributed by atoms with Gasteiger partial charge in [-0.3, -0.25) is 0 Å². The predicted octanol–water partition coefficient (Wildman–Crippen LogP) is 5.70. The molecule has 0 aromatic heterocycles. The Kier molecular flexibility index (Phi) is 5.22. The van der Waals surface area contributed by atoms with Gasteiger partial charge in [0.05, 0.1) is 7.11 Å². The van der Waals surface area contributed by atoms with Crippen LogP contribution in [0.4, 0.5) is 0 Å². The van der Waals surface area contributed by atoms with E-state index >= 15 is 0 Å². The van der Waals surface area contributed by atoms with Gasteiger partial charge in [-0.25, -0.2) is 0 Å². The molecular formula is C22H28O3. The fraction of sp³-hybridized carbons (Fsp3) is 0.455. The van der Waals surface area contributed by atoms with Crippen molar-refractivity contribution in [3.63, 3.8) is 0 Å². The molecule has 4 aliphatic heterocycles. The summed E-state index contributed by atoms with van der Waals surface area (Å²) in [6, 6.07) is 3.95. The van der Waals surface area contributed by atoms with Crippen molar-refractivity contribution in [2.24, 2.45) is 0 Å². The molecule has 0 fully saturated rings. The van der Waals surface area contributed by atoms with Crippen LogP contribution in [0.2, 0.25) is 0 Å². The quantitative estimate of drug-likeness (QED) is 0.613. The summed E-state index contributed by atoms with van der Waals surface area (Å²) in [5.74, 6) is 2.33. The number of rotatable bonds is 1. The van der Waals surface area contributed by atoms with Crippen LogP contribution < -0.4 is 14.2 Å². The Bertz CT molecular complexity index is 727. The fourth-order valence-corrected chi connectivity index (χ4v) is 3.24. The first-order chi connectivity index (χ1) is 12.0. The number of hydrogen-bond acceptors (Lipinski definition) is 3. The predicted molar refractivity (Wildman–Crippen MR) is 103 cm³/mol. The number of methoxy groups -OCH3 is 1. The number of ether oxygens (including phenoxy) is 3. The molecule has 0 saturated heterocycles. The molecule has 0 radical (unpaired) electrons. The van der Waals surface area contributed by atoms with Crippen molar-refractivity contribution in [2.45, 2.75) is 52.1 Å². The summed E-state index contributed by atoms with van der Waals surface area (Å²) in [5, 5.41) is 0. The van der Waals surface area contributed by atoms with Gasteiger partial charge in [-0.1, -0.05) is 23.8 Å². The summed E-state index contributed by atoms with van der Waals surface area (Å²) in [7, 11) is 1.67. The molecule has 4 bridgehead atoms. The second kappa shape index (κ2) is 7.38. The van der Waals surface area contributed by atoms with E-state index in [0.29, 0.717) is 12.4 Å². The molecule has 3 nitrogen and oxygen atoms in total. The van der Waals surface area contributed by atoms with Gasteiger partial charge in [-0.2, -0.15) is 0 Å². The van der Waals surface area contributed by atoms with Crippen LogP contribution in [0.3, 0.4) is 0 Å². The van der Waals surface area contributed by atoms with E-state index in [0.717, 1.165) is 42.7 Å². The maximum Gasteiger partial charge on any atom is 0.164 e. The van der Waals surface area contributed by atoms with Crippen LogP contribution in [0, 0.1) is 0 Å². The van der Waals surface area contributed by atoms with E-state index in [1.807, 2.05) is 12.1 Å². The van der Waals surface area contributed by atoms with Crippen molar-refractivity contribution in [2.75, 3.05) is 13.7 Å². The molecule has 4 heterocycles. The lowest BCUT2D eigenvalue weighted by Crippen LogP contribution is -2.31. The third-order valence-corrected chi connectivity index (χ3v) is 4.87. The smallest absolute Gasteiger partial charge is 0.164 e. The molecule has 4 aliphatic rings. The summed E-state index contributed by atoms with van der Waals surface area (Å²) < 4.78 is 17.8. The average Bonchev–Trinajstić information content (AvgIpc) is 2.58. The van der Waals surface area contributed by atoms with Crippen LogP contribution in [-0.4, -0.2) is 19.3 Å². The summed E-state index contributed by atoms with van der Waals surface area (Å²) >= 11 is 0. The Morgan fingerprint density at radius 3 is 2.64 bits per heavy atom. The van der Waals surface area contributed by atoms with Crippen LogP contribution in [-0.2, 0) is 0 Å². The molecule has 0 amide bonds. The molecule has 0 spiro atoms. The van der Waals surface area contributed by atoms with Gasteiger partial charge in [-0.15, -0.1) is 0 Å². The fourth-order valence-electron chi connectivity index (χ4n) is 3.24. The number of allylic oxidation sites excluding steroid dienone is 3. The maximum atomic E-state index is 6.31. The molecule has 1 atom stereocenters. The second-order valence-corrected chi connectivity index (χ2v) is 7.26. The minimum Gasteiger partial charge on any atom is -0.493 e. The zero-order chi connectivity index (χ0) is 17.9. The topological polar surface area (TPSA) is 27.7 Å². The minimum absolute atomic E-state index is 0.287. The number of hydrogen-bond donors (Lipinski definition) is 0. The third kappa shape index (κ3) is 4.28. The molecule has 1 aromatic rings. The molecule has 0 N–H and O–H groups in total. The van der Waals surface area contributed by atoms with E-state index in [9.17, 15) is 0 Å². The zero-order valence-electron chi connectivity index (χ0n) is 15.7. The van der Waals surface area contributed by atoms with Crippen molar-refractivity contribution in [3.05, 3.63) is 47.1 Å². The van der Waals surface area contributed by atoms with E-state index < -0.39 is 0 Å². The van der Waals surface area contributed by atoms with E-state index in [4.69, 9.17) is 14.2 Å². The minimum atomic E-state index is -0.287. The average molecular weight is 340 g/mol. The van der Waals surface area contributed by atoms with Crippen molar-refractivity contribution in [1.82, 2.24) is 0 Å². The first-order valence-corrected chi connectivity index (χ1v) is 9.03. The Balaban J connectivity index is 1.96. The van der Waals surface area contributed by atoms with Crippen LogP contribution in [0.1, 0.15) is 52.0 Å². The largest absolute Gasteiger partial charge is 0.493 e. The summed E-state index contributed by atoms with van der Waals surface area (Å²) in [6.07, 6.45) is 13.0. The zero-order valence-corrected chi connectivity index (χ0v) is 15.7. The first kappa shape index (κ1) is 17.7. The number of fused-ring (bicyclic) bond motifs is 1. The molecule has 1 unspecified atom stereocenters. The SMILES string of the molecule is COc1cc2c3cc1OC/C(C)=C/CC/C(C)=C/CCC(C)(C=C3)O2. The third-order valence-electron chi connectivity index (χ3n) is 4.87. The highest BCUT2D eigenvalue weighted by Gasteiger charge is 2.28. The lowest BCUT2D eigenvalue weighted by atomic mass is 9.94. The van der Waals surface area contributed by atoms with Crippen LogP contribution >= 0.6 is 0 Å². The summed E-state index contributed by atoms with van der Waals surface area (Å²) in [4.78, 5) is 0. The van der Waals surface area contributed by atoms with Crippen molar-refractivity contribution in [3.8, 4) is 17.2 Å². The molecule has 25 heavy (non-hydrogen) atoms. The summed E-state index contributed by atoms with van der Waals surface area (Å²) in [5.41, 5.74) is 3.42. The monoisotopic (exact) mass is 340 g/mol. The van der Waals surface area contributed by atoms with E-state index in [-0.39, 0.29) is 5.60 Å². The molecule has 0 saturated carbocycles. The highest BCUT2D eigenvalue weighted by atomic mass is 16.5. The van der Waals surface area contributed by atoms with Crippen LogP contribution in [0.15, 0.2) is 41.5 Å². The van der Waals surface area contributed by atoms with Crippen molar-refractivity contribution in [1.29, 1.82) is 0 Å². The molecule has 3 heteroatoms.